The van der Waals surface area contributed by atoms with Crippen molar-refractivity contribution in [1.82, 2.24) is 0 Å². The van der Waals surface area contributed by atoms with Crippen LogP contribution in [-0.4, -0.2) is 38.5 Å². The van der Waals surface area contributed by atoms with Gasteiger partial charge in [0.25, 0.3) is 0 Å². The highest BCUT2D eigenvalue weighted by atomic mass is 127. The smallest absolute Gasteiger partial charge is 0.488 e. The van der Waals surface area contributed by atoms with Crippen molar-refractivity contribution in [2.45, 2.75) is 0 Å². The van der Waals surface area contributed by atoms with Gasteiger partial charge in [0.2, 0.25) is 0 Å². The number of rotatable bonds is 6. The van der Waals surface area contributed by atoms with E-state index in [0.717, 1.165) is 14.7 Å². The highest BCUT2D eigenvalue weighted by Gasteiger charge is 2.12. The van der Waals surface area contributed by atoms with Crippen molar-refractivity contribution >= 4 is 85.9 Å². The Morgan fingerprint density at radius 1 is 0.566 bits per heavy atom. The molecule has 0 aromatic heterocycles. The molecule has 0 amide bonds. The second-order valence-electron chi connectivity index (χ2n) is 10.5. The molecule has 0 bridgehead atoms. The van der Waals surface area contributed by atoms with E-state index in [1.807, 2.05) is 34.7 Å². The third-order valence-corrected chi connectivity index (χ3v) is 9.12. The van der Waals surface area contributed by atoms with E-state index in [4.69, 9.17) is 59.1 Å². The molecule has 6 rings (SSSR count). The zero-order chi connectivity index (χ0) is 39.1. The summed E-state index contributed by atoms with van der Waals surface area (Å²) in [6.07, 6.45) is 0. The van der Waals surface area contributed by atoms with Crippen LogP contribution in [0.5, 0.6) is 17.2 Å². The largest absolute Gasteiger partial charge is 0.497 e. The molecule has 0 fully saturated rings. The number of hydrogen-bond acceptors (Lipinski definition) is 5. The average molecular weight is 961 g/mol. The van der Waals surface area contributed by atoms with E-state index in [0.29, 0.717) is 53.4 Å². The molecule has 2 N–H and O–H groups in total. The summed E-state index contributed by atoms with van der Waals surface area (Å²) in [5, 5.41) is 19.0. The molecule has 0 heterocycles. The number of ether oxygens (including phenoxy) is 3. The molecule has 0 saturated carbocycles. The lowest BCUT2D eigenvalue weighted by Gasteiger charge is -2.09. The molecule has 0 aliphatic rings. The monoisotopic (exact) mass is 958 g/mol. The van der Waals surface area contributed by atoms with Gasteiger partial charge in [-0.05, 0) is 140 Å². The third-order valence-electron chi connectivity index (χ3n) is 6.96. The first-order valence-electron chi connectivity index (χ1n) is 15.2. The fourth-order valence-corrected chi connectivity index (χ4v) is 5.93. The van der Waals surface area contributed by atoms with Gasteiger partial charge in [-0.3, -0.25) is 0 Å². The maximum Gasteiger partial charge on any atom is 0.488 e. The molecule has 0 spiro atoms. The highest BCUT2D eigenvalue weighted by molar-refractivity contribution is 14.1. The van der Waals surface area contributed by atoms with Gasteiger partial charge in [0.1, 0.15) is 34.7 Å². The summed E-state index contributed by atoms with van der Waals surface area (Å²) in [4.78, 5) is 0. The van der Waals surface area contributed by atoms with Crippen LogP contribution in [0.25, 0.3) is 22.3 Å². The first kappa shape index (κ1) is 44.0. The number of methoxy groups -OCH3 is 3. The Labute approximate surface area is 343 Å². The van der Waals surface area contributed by atoms with Crippen LogP contribution < -0.4 is 19.7 Å². The standard InChI is InChI=1S/C13H9ClFIO.C13H10ClFO.C7H6BrFO.C6H6BClO2/c1-17-13-6-10(11(15)7-12(13)16)8-3-2-4-9(14)5-8;1-16-11-5-6-13(15)12(8-11)9-3-2-4-10(14)7-9;1-10-5-2-3-7(9)6(8)4-5;8-6-3-1-2-5(4-6)7(9)10/h2-7H,1H3;2-8H,1H3;2-4H,1H3;1-4,9-10H. The first-order valence-corrected chi connectivity index (χ1v) is 18.3. The second-order valence-corrected chi connectivity index (χ2v) is 13.9. The normalized spacial score (nSPS) is 9.98. The van der Waals surface area contributed by atoms with Crippen LogP contribution in [0.1, 0.15) is 0 Å². The van der Waals surface area contributed by atoms with Crippen LogP contribution in [-0.2, 0) is 0 Å². The highest BCUT2D eigenvalue weighted by Crippen LogP contribution is 2.32. The van der Waals surface area contributed by atoms with E-state index >= 15 is 0 Å². The van der Waals surface area contributed by atoms with Gasteiger partial charge in [-0.25, -0.2) is 13.2 Å². The fourth-order valence-electron chi connectivity index (χ4n) is 4.34. The Kier molecular flexibility index (Phi) is 18.3. The molecule has 0 unspecified atom stereocenters. The van der Waals surface area contributed by atoms with E-state index < -0.39 is 7.12 Å². The van der Waals surface area contributed by atoms with Gasteiger partial charge in [-0.15, -0.1) is 0 Å². The van der Waals surface area contributed by atoms with Crippen molar-refractivity contribution in [3.05, 3.63) is 162 Å². The molecule has 6 aromatic rings. The molecule has 6 aromatic carbocycles. The van der Waals surface area contributed by atoms with Crippen LogP contribution in [0, 0.1) is 21.0 Å². The van der Waals surface area contributed by atoms with Crippen molar-refractivity contribution in [2.24, 2.45) is 0 Å². The SMILES string of the molecule is COc1cc(-c2cccc(Cl)c2)c(F)cc1I.COc1ccc(F)c(-c2cccc(Cl)c2)c1.COc1ccc(F)c(Br)c1.OB(O)c1cccc(Cl)c1. The molecule has 14 heteroatoms. The van der Waals surface area contributed by atoms with Crippen molar-refractivity contribution in [3.63, 3.8) is 0 Å². The Morgan fingerprint density at radius 2 is 1.06 bits per heavy atom. The summed E-state index contributed by atoms with van der Waals surface area (Å²) in [6, 6.07) is 32.9. The molecule has 0 atom stereocenters. The lowest BCUT2D eigenvalue weighted by Crippen LogP contribution is -2.29. The zero-order valence-electron chi connectivity index (χ0n) is 28.3. The van der Waals surface area contributed by atoms with Gasteiger partial charge < -0.3 is 24.3 Å². The molecule has 0 aliphatic heterocycles. The number of halogens is 8. The van der Waals surface area contributed by atoms with E-state index in [-0.39, 0.29) is 17.5 Å². The second kappa shape index (κ2) is 22.1. The minimum Gasteiger partial charge on any atom is -0.497 e. The van der Waals surface area contributed by atoms with Gasteiger partial charge in [0.05, 0.1) is 29.4 Å². The van der Waals surface area contributed by atoms with Crippen molar-refractivity contribution in [2.75, 3.05) is 21.3 Å². The molecule has 0 radical (unpaired) electrons. The zero-order valence-corrected chi connectivity index (χ0v) is 34.3. The van der Waals surface area contributed by atoms with E-state index in [1.54, 1.807) is 106 Å². The molecule has 0 saturated heterocycles. The average Bonchev–Trinajstić information content (AvgIpc) is 3.14. The Morgan fingerprint density at radius 3 is 1.51 bits per heavy atom. The van der Waals surface area contributed by atoms with Crippen molar-refractivity contribution in [3.8, 4) is 39.5 Å². The Bertz CT molecular complexity index is 2110. The summed E-state index contributed by atoms with van der Waals surface area (Å²) < 4.78 is 56.3. The molecular weight excluding hydrogens is 929 g/mol. The summed E-state index contributed by atoms with van der Waals surface area (Å²) in [6.45, 7) is 0. The minimum absolute atomic E-state index is 0.277. The lowest BCUT2D eigenvalue weighted by molar-refractivity contribution is 0.411. The van der Waals surface area contributed by atoms with Gasteiger partial charge in [-0.2, -0.15) is 0 Å². The van der Waals surface area contributed by atoms with E-state index in [9.17, 15) is 13.2 Å². The third kappa shape index (κ3) is 14.1. The van der Waals surface area contributed by atoms with Crippen molar-refractivity contribution in [1.29, 1.82) is 0 Å². The van der Waals surface area contributed by atoms with Crippen LogP contribution in [0.4, 0.5) is 13.2 Å². The minimum atomic E-state index is -1.43. The van der Waals surface area contributed by atoms with Crippen LogP contribution in [0.3, 0.4) is 0 Å². The first-order chi connectivity index (χ1) is 25.3. The summed E-state index contributed by atoms with van der Waals surface area (Å²) in [5.74, 6) is 1.08. The molecular formula is C39H31BBrCl3F3IO5. The summed E-state index contributed by atoms with van der Waals surface area (Å²) in [7, 11) is 3.23. The van der Waals surface area contributed by atoms with Crippen LogP contribution in [0.15, 0.2) is 126 Å². The maximum atomic E-state index is 13.9. The van der Waals surface area contributed by atoms with E-state index in [2.05, 4.69) is 15.9 Å². The van der Waals surface area contributed by atoms with Crippen LogP contribution >= 0.6 is 73.3 Å². The van der Waals surface area contributed by atoms with E-state index in [1.165, 1.54) is 24.3 Å². The Hall–Kier alpha value is -3.43. The number of hydrogen-bond donors (Lipinski definition) is 2. The van der Waals surface area contributed by atoms with Gasteiger partial charge in [-0.1, -0.05) is 71.2 Å². The number of benzene rings is 6. The maximum absolute atomic E-state index is 13.9. The topological polar surface area (TPSA) is 68.2 Å². The predicted octanol–water partition coefficient (Wildman–Crippen LogP) is 11.5. The van der Waals surface area contributed by atoms with Crippen molar-refractivity contribution < 1.29 is 37.4 Å². The molecule has 276 valence electrons. The predicted molar refractivity (Wildman–Crippen MR) is 221 cm³/mol. The summed E-state index contributed by atoms with van der Waals surface area (Å²) in [5.41, 5.74) is 2.87. The molecule has 5 nitrogen and oxygen atoms in total. The summed E-state index contributed by atoms with van der Waals surface area (Å²) >= 11 is 22.4. The molecule has 0 aliphatic carbocycles. The molecule has 53 heavy (non-hydrogen) atoms. The van der Waals surface area contributed by atoms with Gasteiger partial charge in [0.15, 0.2) is 0 Å². The van der Waals surface area contributed by atoms with Gasteiger partial charge in [0, 0.05) is 26.2 Å². The van der Waals surface area contributed by atoms with Gasteiger partial charge >= 0.3 is 7.12 Å². The lowest BCUT2D eigenvalue weighted by atomic mass is 9.81. The quantitative estimate of drug-likeness (QED) is 0.129. The van der Waals surface area contributed by atoms with Crippen LogP contribution in [0.2, 0.25) is 15.1 Å². The Balaban J connectivity index is 0.000000196. The fraction of sp³-hybridized carbons (Fsp3) is 0.0769.